The first-order valence-corrected chi connectivity index (χ1v) is 9.56. The van der Waals surface area contributed by atoms with E-state index in [4.69, 9.17) is 12.2 Å². The summed E-state index contributed by atoms with van der Waals surface area (Å²) >= 11 is 5.58. The van der Waals surface area contributed by atoms with Crippen LogP contribution in [0.25, 0.3) is 0 Å². The highest BCUT2D eigenvalue weighted by Gasteiger charge is 2.08. The quantitative estimate of drug-likeness (QED) is 0.406. The van der Waals surface area contributed by atoms with Crippen molar-refractivity contribution in [1.29, 1.82) is 0 Å². The maximum Gasteiger partial charge on any atom is 0.193 e. The number of aromatic nitrogens is 1. The Kier molecular flexibility index (Phi) is 6.25. The van der Waals surface area contributed by atoms with Crippen molar-refractivity contribution in [1.82, 2.24) is 4.98 Å². The summed E-state index contributed by atoms with van der Waals surface area (Å²) in [5, 5.41) is 0. The molecule has 0 aliphatic heterocycles. The second kappa shape index (κ2) is 8.83. The maximum atomic E-state index is 12.5. The van der Waals surface area contributed by atoms with Crippen molar-refractivity contribution in [2.24, 2.45) is 0 Å². The molecule has 0 atom stereocenters. The predicted octanol–water partition coefficient (Wildman–Crippen LogP) is 5.47. The van der Waals surface area contributed by atoms with Crippen LogP contribution in [0.15, 0.2) is 66.7 Å². The van der Waals surface area contributed by atoms with Crippen LogP contribution in [-0.4, -0.2) is 15.6 Å². The summed E-state index contributed by atoms with van der Waals surface area (Å²) in [7, 11) is 0. The molecule has 0 spiro atoms. The summed E-state index contributed by atoms with van der Waals surface area (Å²) in [6, 6.07) is 21.4. The van der Waals surface area contributed by atoms with E-state index in [1.807, 2.05) is 68.4 Å². The van der Waals surface area contributed by atoms with Gasteiger partial charge in [0.1, 0.15) is 0 Å². The van der Waals surface area contributed by atoms with Crippen molar-refractivity contribution in [2.75, 3.05) is 0 Å². The highest BCUT2D eigenvalue weighted by Crippen LogP contribution is 2.14. The Morgan fingerprint density at radius 2 is 1.44 bits per heavy atom. The Balaban J connectivity index is 1.57. The lowest BCUT2D eigenvalue weighted by atomic mass is 9.99. The van der Waals surface area contributed by atoms with E-state index in [9.17, 15) is 4.79 Å². The third-order valence-electron chi connectivity index (χ3n) is 4.49. The Labute approximate surface area is 166 Å². The first-order chi connectivity index (χ1) is 13.0. The maximum absolute atomic E-state index is 12.5. The normalized spacial score (nSPS) is 10.6. The zero-order valence-electron chi connectivity index (χ0n) is 15.7. The second-order valence-electron chi connectivity index (χ2n) is 6.87. The minimum absolute atomic E-state index is 0.0566. The first-order valence-electron chi connectivity index (χ1n) is 9.16. The molecule has 0 amide bonds. The molecule has 3 heteroatoms. The highest BCUT2D eigenvalue weighted by molar-refractivity contribution is 7.80. The Morgan fingerprint density at radius 3 is 2.07 bits per heavy atom. The minimum atomic E-state index is 0.0566. The molecular weight excluding hydrogens is 350 g/mol. The van der Waals surface area contributed by atoms with Gasteiger partial charge in [0.25, 0.3) is 0 Å². The molecule has 1 heterocycles. The van der Waals surface area contributed by atoms with E-state index in [-0.39, 0.29) is 5.78 Å². The summed E-state index contributed by atoms with van der Waals surface area (Å²) < 4.78 is 0. The SMILES string of the molecule is Cc1cc(CC(=S)CCc2ccc(C(=O)c3ccccc3)cc2)cc(C)n1. The van der Waals surface area contributed by atoms with E-state index >= 15 is 0 Å². The van der Waals surface area contributed by atoms with E-state index in [1.165, 1.54) is 11.1 Å². The van der Waals surface area contributed by atoms with Gasteiger partial charge < -0.3 is 0 Å². The molecule has 3 aromatic rings. The summed E-state index contributed by atoms with van der Waals surface area (Å²) in [6.07, 6.45) is 2.56. The first kappa shape index (κ1) is 19.1. The molecule has 0 bridgehead atoms. The lowest BCUT2D eigenvalue weighted by molar-refractivity contribution is 0.103. The van der Waals surface area contributed by atoms with E-state index < -0.39 is 0 Å². The molecule has 27 heavy (non-hydrogen) atoms. The summed E-state index contributed by atoms with van der Waals surface area (Å²) in [4.78, 5) is 17.9. The number of benzene rings is 2. The smallest absolute Gasteiger partial charge is 0.193 e. The monoisotopic (exact) mass is 373 g/mol. The number of rotatable bonds is 7. The zero-order valence-corrected chi connectivity index (χ0v) is 16.6. The van der Waals surface area contributed by atoms with Gasteiger partial charge in [-0.05, 0) is 54.8 Å². The average molecular weight is 374 g/mol. The second-order valence-corrected chi connectivity index (χ2v) is 7.44. The van der Waals surface area contributed by atoms with Crippen molar-refractivity contribution in [2.45, 2.75) is 33.1 Å². The largest absolute Gasteiger partial charge is 0.289 e. The lowest BCUT2D eigenvalue weighted by Gasteiger charge is -2.07. The number of ketones is 1. The van der Waals surface area contributed by atoms with Gasteiger partial charge >= 0.3 is 0 Å². The molecule has 136 valence electrons. The third kappa shape index (κ3) is 5.41. The number of carbonyl (C=O) groups is 1. The van der Waals surface area contributed by atoms with Gasteiger partial charge in [-0.25, -0.2) is 0 Å². The van der Waals surface area contributed by atoms with Gasteiger partial charge in [-0.15, -0.1) is 0 Å². The van der Waals surface area contributed by atoms with Crippen LogP contribution in [-0.2, 0) is 12.8 Å². The number of aryl methyl sites for hydroxylation is 3. The Bertz CT molecular complexity index is 926. The number of thiocarbonyl (C=S) groups is 1. The molecule has 0 fully saturated rings. The molecule has 0 unspecified atom stereocenters. The van der Waals surface area contributed by atoms with Crippen LogP contribution in [0.3, 0.4) is 0 Å². The summed E-state index contributed by atoms with van der Waals surface area (Å²) in [6.45, 7) is 4.02. The number of hydrogen-bond acceptors (Lipinski definition) is 3. The fourth-order valence-electron chi connectivity index (χ4n) is 3.20. The number of pyridine rings is 1. The van der Waals surface area contributed by atoms with Crippen molar-refractivity contribution >= 4 is 22.9 Å². The van der Waals surface area contributed by atoms with Crippen molar-refractivity contribution in [3.8, 4) is 0 Å². The van der Waals surface area contributed by atoms with Crippen LogP contribution in [0, 0.1) is 13.8 Å². The van der Waals surface area contributed by atoms with Crippen molar-refractivity contribution in [3.05, 3.63) is 100 Å². The topological polar surface area (TPSA) is 30.0 Å². The average Bonchev–Trinajstić information content (AvgIpc) is 2.66. The highest BCUT2D eigenvalue weighted by atomic mass is 32.1. The van der Waals surface area contributed by atoms with Gasteiger partial charge in [0.2, 0.25) is 0 Å². The van der Waals surface area contributed by atoms with E-state index in [0.29, 0.717) is 0 Å². The van der Waals surface area contributed by atoms with Gasteiger partial charge in [-0.3, -0.25) is 9.78 Å². The zero-order chi connectivity index (χ0) is 19.2. The standard InChI is InChI=1S/C24H23NOS/c1-17-14-20(15-18(2)25-17)16-23(27)13-10-19-8-11-22(12-9-19)24(26)21-6-4-3-5-7-21/h3-9,11-12,14-15H,10,13,16H2,1-2H3. The van der Waals surface area contributed by atoms with E-state index in [0.717, 1.165) is 46.6 Å². The molecule has 1 aromatic heterocycles. The summed E-state index contributed by atoms with van der Waals surface area (Å²) in [5.74, 6) is 0.0566. The van der Waals surface area contributed by atoms with Gasteiger partial charge in [-0.2, -0.15) is 0 Å². The number of carbonyl (C=O) groups excluding carboxylic acids is 1. The minimum Gasteiger partial charge on any atom is -0.289 e. The Morgan fingerprint density at radius 1 is 0.852 bits per heavy atom. The van der Waals surface area contributed by atoms with Crippen LogP contribution >= 0.6 is 12.2 Å². The fraction of sp³-hybridized carbons (Fsp3) is 0.208. The molecule has 3 rings (SSSR count). The van der Waals surface area contributed by atoms with Crippen molar-refractivity contribution in [3.63, 3.8) is 0 Å². The molecule has 2 nitrogen and oxygen atoms in total. The predicted molar refractivity (Wildman–Crippen MR) is 115 cm³/mol. The number of hydrogen-bond donors (Lipinski definition) is 0. The molecule has 0 aliphatic carbocycles. The third-order valence-corrected chi connectivity index (χ3v) is 4.84. The van der Waals surface area contributed by atoms with Gasteiger partial charge in [0, 0.05) is 28.9 Å². The van der Waals surface area contributed by atoms with Crippen LogP contribution < -0.4 is 0 Å². The van der Waals surface area contributed by atoms with Gasteiger partial charge in [-0.1, -0.05) is 66.8 Å². The van der Waals surface area contributed by atoms with E-state index in [1.54, 1.807) is 0 Å². The van der Waals surface area contributed by atoms with Gasteiger partial charge in [0.05, 0.1) is 0 Å². The molecule has 0 aliphatic rings. The van der Waals surface area contributed by atoms with Crippen LogP contribution in [0.1, 0.15) is 44.9 Å². The molecule has 0 radical (unpaired) electrons. The van der Waals surface area contributed by atoms with E-state index in [2.05, 4.69) is 17.1 Å². The van der Waals surface area contributed by atoms with Crippen LogP contribution in [0.5, 0.6) is 0 Å². The molecule has 0 N–H and O–H groups in total. The molecular formula is C24H23NOS. The lowest BCUT2D eigenvalue weighted by Crippen LogP contribution is -2.04. The molecule has 0 saturated heterocycles. The molecule has 2 aromatic carbocycles. The Hall–Kier alpha value is -2.65. The van der Waals surface area contributed by atoms with Gasteiger partial charge in [0.15, 0.2) is 5.78 Å². The summed E-state index contributed by atoms with van der Waals surface area (Å²) in [5.41, 5.74) is 5.93. The fourth-order valence-corrected chi connectivity index (χ4v) is 3.47. The molecule has 0 saturated carbocycles. The van der Waals surface area contributed by atoms with Crippen LogP contribution in [0.4, 0.5) is 0 Å². The van der Waals surface area contributed by atoms with Crippen LogP contribution in [0.2, 0.25) is 0 Å². The van der Waals surface area contributed by atoms with Crippen molar-refractivity contribution < 1.29 is 4.79 Å². The number of nitrogens with zero attached hydrogens (tertiary/aromatic N) is 1.